The van der Waals surface area contributed by atoms with E-state index < -0.39 is 28.0 Å². The standard InChI is InChI=1S/C24H26N4O5S/c1-15-11-20(34(26,31)32)13-21(16(15)2)27-23(29)14-22(28-24(25)30)17-7-6-10-19(12-17)33-18-8-4-3-5-9-18/h3-13,22H,14H2,1-2H3,(H,27,29)(H3,25,28,30)(H2,26,31,32). The molecule has 0 aliphatic heterocycles. The number of benzene rings is 3. The van der Waals surface area contributed by atoms with Gasteiger partial charge in [0.2, 0.25) is 15.9 Å². The van der Waals surface area contributed by atoms with Crippen LogP contribution in [0.1, 0.15) is 29.2 Å². The molecule has 0 aliphatic carbocycles. The highest BCUT2D eigenvalue weighted by Crippen LogP contribution is 2.27. The number of hydrogen-bond acceptors (Lipinski definition) is 5. The van der Waals surface area contributed by atoms with E-state index in [1.807, 2.05) is 18.2 Å². The number of primary sulfonamides is 1. The minimum absolute atomic E-state index is 0.108. The number of nitrogens with one attached hydrogen (secondary N) is 2. The molecule has 1 atom stereocenters. The maximum absolute atomic E-state index is 12.9. The van der Waals surface area contributed by atoms with Crippen molar-refractivity contribution in [2.24, 2.45) is 10.9 Å². The summed E-state index contributed by atoms with van der Waals surface area (Å²) in [6, 6.07) is 17.3. The molecule has 3 aromatic carbocycles. The SMILES string of the molecule is Cc1cc(S(N)(=O)=O)cc(NC(=O)CC(NC(N)=O)c2cccc(Oc3ccccc3)c2)c1C. The second-order valence-corrected chi connectivity index (χ2v) is 9.32. The van der Waals surface area contributed by atoms with Crippen LogP contribution in [0, 0.1) is 13.8 Å². The second-order valence-electron chi connectivity index (χ2n) is 7.76. The number of urea groups is 1. The third-order valence-corrected chi connectivity index (χ3v) is 6.08. The molecule has 0 saturated heterocycles. The Hall–Kier alpha value is -3.89. The lowest BCUT2D eigenvalue weighted by Crippen LogP contribution is -2.35. The zero-order valence-electron chi connectivity index (χ0n) is 18.7. The van der Waals surface area contributed by atoms with E-state index in [1.54, 1.807) is 50.2 Å². The lowest BCUT2D eigenvalue weighted by Gasteiger charge is -2.19. The van der Waals surface area contributed by atoms with Gasteiger partial charge in [-0.15, -0.1) is 0 Å². The Kier molecular flexibility index (Phi) is 7.54. The van der Waals surface area contributed by atoms with E-state index in [4.69, 9.17) is 15.6 Å². The van der Waals surface area contributed by atoms with Gasteiger partial charge in [0.25, 0.3) is 0 Å². The Morgan fingerprint density at radius 3 is 2.29 bits per heavy atom. The molecule has 10 heteroatoms. The Bertz CT molecular complexity index is 1310. The van der Waals surface area contributed by atoms with Crippen LogP contribution in [0.3, 0.4) is 0 Å². The van der Waals surface area contributed by atoms with Crippen LogP contribution in [0.5, 0.6) is 11.5 Å². The van der Waals surface area contributed by atoms with Gasteiger partial charge in [0.1, 0.15) is 11.5 Å². The molecular formula is C24H26N4O5S. The molecule has 9 nitrogen and oxygen atoms in total. The van der Waals surface area contributed by atoms with Crippen molar-refractivity contribution in [1.82, 2.24) is 5.32 Å². The third kappa shape index (κ3) is 6.56. The number of aryl methyl sites for hydroxylation is 1. The molecule has 34 heavy (non-hydrogen) atoms. The number of rotatable bonds is 8. The number of carbonyl (C=O) groups excluding carboxylic acids is 2. The van der Waals surface area contributed by atoms with Crippen molar-refractivity contribution in [3.05, 3.63) is 83.4 Å². The normalized spacial score (nSPS) is 12.0. The fraction of sp³-hybridized carbons (Fsp3) is 0.167. The van der Waals surface area contributed by atoms with Crippen LogP contribution in [0.4, 0.5) is 10.5 Å². The van der Waals surface area contributed by atoms with E-state index >= 15 is 0 Å². The van der Waals surface area contributed by atoms with Gasteiger partial charge in [-0.25, -0.2) is 18.4 Å². The van der Waals surface area contributed by atoms with Gasteiger partial charge >= 0.3 is 6.03 Å². The van der Waals surface area contributed by atoms with Crippen molar-refractivity contribution in [2.75, 3.05) is 5.32 Å². The molecule has 1 unspecified atom stereocenters. The minimum atomic E-state index is -3.95. The molecule has 3 aromatic rings. The first-order chi connectivity index (χ1) is 16.0. The first-order valence-corrected chi connectivity index (χ1v) is 11.9. The van der Waals surface area contributed by atoms with Crippen LogP contribution in [-0.2, 0) is 14.8 Å². The Balaban J connectivity index is 1.82. The van der Waals surface area contributed by atoms with Crippen molar-refractivity contribution in [1.29, 1.82) is 0 Å². The minimum Gasteiger partial charge on any atom is -0.457 e. The fourth-order valence-corrected chi connectivity index (χ4v) is 3.97. The molecule has 0 saturated carbocycles. The quantitative estimate of drug-likeness (QED) is 0.387. The van der Waals surface area contributed by atoms with Gasteiger partial charge in [-0.1, -0.05) is 30.3 Å². The van der Waals surface area contributed by atoms with Crippen molar-refractivity contribution in [2.45, 2.75) is 31.2 Å². The summed E-state index contributed by atoms with van der Waals surface area (Å²) in [6.45, 7) is 3.47. The first-order valence-electron chi connectivity index (χ1n) is 10.4. The molecule has 0 spiro atoms. The maximum atomic E-state index is 12.9. The van der Waals surface area contributed by atoms with Gasteiger partial charge in [0.15, 0.2) is 0 Å². The molecule has 3 rings (SSSR count). The molecular weight excluding hydrogens is 456 g/mol. The number of primary amides is 1. The molecule has 3 amide bonds. The van der Waals surface area contributed by atoms with Crippen LogP contribution >= 0.6 is 0 Å². The van der Waals surface area contributed by atoms with E-state index in [0.717, 1.165) is 0 Å². The van der Waals surface area contributed by atoms with E-state index in [1.165, 1.54) is 12.1 Å². The number of para-hydroxylation sites is 1. The van der Waals surface area contributed by atoms with Gasteiger partial charge in [-0.2, -0.15) is 0 Å². The van der Waals surface area contributed by atoms with Gasteiger partial charge in [-0.3, -0.25) is 4.79 Å². The van der Waals surface area contributed by atoms with Gasteiger partial charge in [0.05, 0.1) is 17.4 Å². The molecule has 0 bridgehead atoms. The fourth-order valence-electron chi connectivity index (χ4n) is 3.35. The molecule has 0 aliphatic rings. The molecule has 178 valence electrons. The van der Waals surface area contributed by atoms with E-state index in [0.29, 0.717) is 33.9 Å². The second kappa shape index (κ2) is 10.4. The number of nitrogens with two attached hydrogens (primary N) is 2. The van der Waals surface area contributed by atoms with Crippen molar-refractivity contribution >= 4 is 27.6 Å². The number of sulfonamides is 1. The summed E-state index contributed by atoms with van der Waals surface area (Å²) in [6.07, 6.45) is -0.157. The zero-order valence-corrected chi connectivity index (χ0v) is 19.6. The lowest BCUT2D eigenvalue weighted by molar-refractivity contribution is -0.116. The summed E-state index contributed by atoms with van der Waals surface area (Å²) in [5.41, 5.74) is 7.60. The monoisotopic (exact) mass is 482 g/mol. The summed E-state index contributed by atoms with van der Waals surface area (Å²) in [4.78, 5) is 24.4. The summed E-state index contributed by atoms with van der Waals surface area (Å²) in [7, 11) is -3.95. The first kappa shape index (κ1) is 24.7. The summed E-state index contributed by atoms with van der Waals surface area (Å²) in [5, 5.41) is 10.5. The Labute approximate surface area is 198 Å². The smallest absolute Gasteiger partial charge is 0.312 e. The maximum Gasteiger partial charge on any atom is 0.312 e. The zero-order chi connectivity index (χ0) is 24.9. The molecule has 6 N–H and O–H groups in total. The number of ether oxygens (including phenoxy) is 1. The summed E-state index contributed by atoms with van der Waals surface area (Å²) in [5.74, 6) is 0.701. The van der Waals surface area contributed by atoms with E-state index in [2.05, 4.69) is 10.6 Å². The van der Waals surface area contributed by atoms with Crippen LogP contribution in [-0.4, -0.2) is 20.4 Å². The number of amides is 3. The van der Waals surface area contributed by atoms with Crippen molar-refractivity contribution in [3.8, 4) is 11.5 Å². The van der Waals surface area contributed by atoms with Gasteiger partial charge < -0.3 is 21.1 Å². The highest BCUT2D eigenvalue weighted by molar-refractivity contribution is 7.89. The van der Waals surface area contributed by atoms with Crippen molar-refractivity contribution < 1.29 is 22.7 Å². The average molecular weight is 483 g/mol. The topological polar surface area (TPSA) is 154 Å². The Morgan fingerprint density at radius 2 is 1.65 bits per heavy atom. The summed E-state index contributed by atoms with van der Waals surface area (Å²) < 4.78 is 29.4. The Morgan fingerprint density at radius 1 is 0.971 bits per heavy atom. The highest BCUT2D eigenvalue weighted by atomic mass is 32.2. The van der Waals surface area contributed by atoms with E-state index in [-0.39, 0.29) is 11.3 Å². The van der Waals surface area contributed by atoms with Crippen molar-refractivity contribution in [3.63, 3.8) is 0 Å². The predicted molar refractivity (Wildman–Crippen MR) is 129 cm³/mol. The van der Waals surface area contributed by atoms with Crippen LogP contribution < -0.4 is 26.2 Å². The average Bonchev–Trinajstić information content (AvgIpc) is 2.76. The third-order valence-electron chi connectivity index (χ3n) is 5.19. The van der Waals surface area contributed by atoms with Gasteiger partial charge in [0, 0.05) is 5.69 Å². The molecule has 0 fully saturated rings. The van der Waals surface area contributed by atoms with E-state index in [9.17, 15) is 18.0 Å². The highest BCUT2D eigenvalue weighted by Gasteiger charge is 2.20. The van der Waals surface area contributed by atoms with Crippen LogP contribution in [0.25, 0.3) is 0 Å². The molecule has 0 heterocycles. The van der Waals surface area contributed by atoms with Crippen LogP contribution in [0.2, 0.25) is 0 Å². The van der Waals surface area contributed by atoms with Gasteiger partial charge in [-0.05, 0) is 66.9 Å². The van der Waals surface area contributed by atoms with Crippen LogP contribution in [0.15, 0.2) is 71.6 Å². The largest absolute Gasteiger partial charge is 0.457 e. The molecule has 0 radical (unpaired) electrons. The number of hydrogen-bond donors (Lipinski definition) is 4. The lowest BCUT2D eigenvalue weighted by atomic mass is 10.0. The number of carbonyl (C=O) groups is 2. The number of anilines is 1. The summed E-state index contributed by atoms with van der Waals surface area (Å²) >= 11 is 0. The molecule has 0 aromatic heterocycles. The predicted octanol–water partition coefficient (Wildman–Crippen LogP) is 3.48.